The van der Waals surface area contributed by atoms with Crippen LogP contribution >= 0.6 is 23.2 Å². The molecule has 8 nitrogen and oxygen atoms in total. The van der Waals surface area contributed by atoms with Crippen LogP contribution in [0.5, 0.6) is 17.2 Å². The third-order valence-electron chi connectivity index (χ3n) is 3.61. The van der Waals surface area contributed by atoms with Crippen LogP contribution in [0.1, 0.15) is 0 Å². The van der Waals surface area contributed by atoms with Crippen molar-refractivity contribution >= 4 is 23.2 Å². The van der Waals surface area contributed by atoms with Crippen molar-refractivity contribution in [3.8, 4) is 17.2 Å². The lowest BCUT2D eigenvalue weighted by molar-refractivity contribution is -0.277. The molecular formula is C14H18Cl2O8. The molecule has 136 valence electrons. The maximum atomic E-state index is 10.0. The molecule has 0 spiro atoms. The maximum Gasteiger partial charge on any atom is 0.229 e. The van der Waals surface area contributed by atoms with Gasteiger partial charge in [0, 0.05) is 6.07 Å². The molecule has 5 atom stereocenters. The standard InChI is InChI=1S/C14H18Cl2O8/c1-21-5-3-6(9(16)13(22-2)8(5)15)23-14-12(20)11(19)10(18)7(4-17)24-14/h3,7,10-12,14,17-20H,4H2,1-2H3/t7-,10-,11+,12-,14-/m1/s1. The van der Waals surface area contributed by atoms with Crippen LogP contribution in [0.25, 0.3) is 0 Å². The highest BCUT2D eigenvalue weighted by atomic mass is 35.5. The van der Waals surface area contributed by atoms with Gasteiger partial charge in [-0.25, -0.2) is 0 Å². The molecule has 0 amide bonds. The van der Waals surface area contributed by atoms with Gasteiger partial charge in [-0.3, -0.25) is 0 Å². The Bertz CT molecular complexity index is 582. The van der Waals surface area contributed by atoms with Crippen molar-refractivity contribution in [2.45, 2.75) is 30.7 Å². The second-order valence-electron chi connectivity index (χ2n) is 5.05. The zero-order chi connectivity index (χ0) is 18.0. The normalized spacial score (nSPS) is 30.1. The van der Waals surface area contributed by atoms with Gasteiger partial charge in [0.05, 0.1) is 20.8 Å². The summed E-state index contributed by atoms with van der Waals surface area (Å²) in [5.74, 6) is 0.314. The quantitative estimate of drug-likeness (QED) is 0.568. The van der Waals surface area contributed by atoms with Crippen LogP contribution in [-0.2, 0) is 4.74 Å². The molecular weight excluding hydrogens is 367 g/mol. The second kappa shape index (κ2) is 7.92. The Balaban J connectivity index is 2.33. The molecule has 4 N–H and O–H groups in total. The Hall–Kier alpha value is -1.00. The molecule has 0 radical (unpaired) electrons. The number of aliphatic hydroxyl groups excluding tert-OH is 4. The van der Waals surface area contributed by atoms with Gasteiger partial charge in [0.1, 0.15) is 46.0 Å². The summed E-state index contributed by atoms with van der Waals surface area (Å²) in [5.41, 5.74) is 0. The summed E-state index contributed by atoms with van der Waals surface area (Å²) in [6, 6.07) is 1.36. The summed E-state index contributed by atoms with van der Waals surface area (Å²) in [7, 11) is 2.73. The molecule has 1 aliphatic rings. The van der Waals surface area contributed by atoms with Crippen molar-refractivity contribution in [1.82, 2.24) is 0 Å². The fourth-order valence-electron chi connectivity index (χ4n) is 2.27. The third kappa shape index (κ3) is 3.50. The largest absolute Gasteiger partial charge is 0.495 e. The summed E-state index contributed by atoms with van der Waals surface area (Å²) < 4.78 is 20.9. The lowest BCUT2D eigenvalue weighted by Gasteiger charge is -2.39. The van der Waals surface area contributed by atoms with Crippen LogP contribution in [0.15, 0.2) is 6.07 Å². The van der Waals surface area contributed by atoms with Gasteiger partial charge in [0.15, 0.2) is 5.75 Å². The Labute approximate surface area is 148 Å². The first-order valence-electron chi connectivity index (χ1n) is 6.92. The van der Waals surface area contributed by atoms with Crippen LogP contribution in [0.4, 0.5) is 0 Å². The van der Waals surface area contributed by atoms with Gasteiger partial charge in [-0.2, -0.15) is 0 Å². The highest BCUT2D eigenvalue weighted by Gasteiger charge is 2.45. The Morgan fingerprint density at radius 3 is 2.17 bits per heavy atom. The third-order valence-corrected chi connectivity index (χ3v) is 4.32. The molecule has 10 heteroatoms. The number of methoxy groups -OCH3 is 2. The summed E-state index contributed by atoms with van der Waals surface area (Å²) in [4.78, 5) is 0. The molecule has 0 aromatic heterocycles. The minimum atomic E-state index is -1.58. The monoisotopic (exact) mass is 384 g/mol. The van der Waals surface area contributed by atoms with Crippen molar-refractivity contribution in [2.24, 2.45) is 0 Å². The van der Waals surface area contributed by atoms with Gasteiger partial charge in [-0.15, -0.1) is 0 Å². The SMILES string of the molecule is COc1cc(O[C@@H]2O[C@H](CO)[C@@H](O)[C@H](O)[C@H]2O)c(Cl)c(OC)c1Cl. The van der Waals surface area contributed by atoms with Crippen LogP contribution in [0.3, 0.4) is 0 Å². The first kappa shape index (κ1) is 19.3. The van der Waals surface area contributed by atoms with Crippen molar-refractivity contribution < 1.29 is 39.4 Å². The van der Waals surface area contributed by atoms with Gasteiger partial charge in [-0.05, 0) is 0 Å². The van der Waals surface area contributed by atoms with Crippen LogP contribution < -0.4 is 14.2 Å². The zero-order valence-electron chi connectivity index (χ0n) is 12.8. The van der Waals surface area contributed by atoms with E-state index < -0.39 is 37.3 Å². The smallest absolute Gasteiger partial charge is 0.229 e. The molecule has 0 aliphatic carbocycles. The highest BCUT2D eigenvalue weighted by molar-refractivity contribution is 6.39. The summed E-state index contributed by atoms with van der Waals surface area (Å²) in [6.07, 6.45) is -7.14. The van der Waals surface area contributed by atoms with Crippen molar-refractivity contribution in [1.29, 1.82) is 0 Å². The molecule has 2 rings (SSSR count). The van der Waals surface area contributed by atoms with Crippen LogP contribution in [0, 0.1) is 0 Å². The fraction of sp³-hybridized carbons (Fsp3) is 0.571. The van der Waals surface area contributed by atoms with Crippen molar-refractivity contribution in [3.05, 3.63) is 16.1 Å². The molecule has 0 bridgehead atoms. The number of hydrogen-bond donors (Lipinski definition) is 4. The van der Waals surface area contributed by atoms with Gasteiger partial charge in [0.2, 0.25) is 6.29 Å². The molecule has 1 aromatic carbocycles. The van der Waals surface area contributed by atoms with E-state index in [0.29, 0.717) is 0 Å². The van der Waals surface area contributed by atoms with E-state index in [2.05, 4.69) is 0 Å². The second-order valence-corrected chi connectivity index (χ2v) is 5.81. The number of hydrogen-bond acceptors (Lipinski definition) is 8. The van der Waals surface area contributed by atoms with E-state index in [4.69, 9.17) is 42.1 Å². The Morgan fingerprint density at radius 2 is 1.62 bits per heavy atom. The summed E-state index contributed by atoms with van der Waals surface area (Å²) in [6.45, 7) is -0.578. The highest BCUT2D eigenvalue weighted by Crippen LogP contribution is 2.46. The average Bonchev–Trinajstić information content (AvgIpc) is 2.58. The minimum absolute atomic E-state index is 0.000241. The van der Waals surface area contributed by atoms with Crippen molar-refractivity contribution in [3.63, 3.8) is 0 Å². The first-order valence-corrected chi connectivity index (χ1v) is 7.68. The predicted molar refractivity (Wildman–Crippen MR) is 84.0 cm³/mol. The first-order chi connectivity index (χ1) is 11.3. The van der Waals surface area contributed by atoms with Gasteiger partial charge in [0.25, 0.3) is 0 Å². The van der Waals surface area contributed by atoms with E-state index >= 15 is 0 Å². The average molecular weight is 385 g/mol. The summed E-state index contributed by atoms with van der Waals surface area (Å²) >= 11 is 12.2. The van der Waals surface area contributed by atoms with E-state index in [1.54, 1.807) is 0 Å². The fourth-order valence-corrected chi connectivity index (χ4v) is 2.89. The minimum Gasteiger partial charge on any atom is -0.495 e. The van der Waals surface area contributed by atoms with Gasteiger partial charge < -0.3 is 39.4 Å². The Morgan fingerprint density at radius 1 is 1.00 bits per heavy atom. The van der Waals surface area contributed by atoms with Gasteiger partial charge in [-0.1, -0.05) is 23.2 Å². The lowest BCUT2D eigenvalue weighted by atomic mass is 9.99. The molecule has 24 heavy (non-hydrogen) atoms. The lowest BCUT2D eigenvalue weighted by Crippen LogP contribution is -2.60. The van der Waals surface area contributed by atoms with Crippen LogP contribution in [0.2, 0.25) is 10.0 Å². The number of ether oxygens (including phenoxy) is 4. The Kier molecular flexibility index (Phi) is 6.38. The topological polar surface area (TPSA) is 118 Å². The van der Waals surface area contributed by atoms with E-state index in [9.17, 15) is 20.4 Å². The molecule has 1 saturated heterocycles. The predicted octanol–water partition coefficient (Wildman–Crippen LogP) is 0.189. The molecule has 1 heterocycles. The number of aliphatic hydroxyl groups is 4. The molecule has 1 fully saturated rings. The number of halogens is 2. The van der Waals surface area contributed by atoms with Crippen molar-refractivity contribution in [2.75, 3.05) is 20.8 Å². The summed E-state index contributed by atoms with van der Waals surface area (Å²) in [5, 5.41) is 38.9. The van der Waals surface area contributed by atoms with E-state index in [-0.39, 0.29) is 27.3 Å². The molecule has 0 unspecified atom stereocenters. The molecule has 1 aromatic rings. The van der Waals surface area contributed by atoms with E-state index in [1.165, 1.54) is 20.3 Å². The van der Waals surface area contributed by atoms with Gasteiger partial charge >= 0.3 is 0 Å². The van der Waals surface area contributed by atoms with E-state index in [1.807, 2.05) is 0 Å². The zero-order valence-corrected chi connectivity index (χ0v) is 14.4. The molecule has 0 saturated carbocycles. The number of benzene rings is 1. The molecule has 1 aliphatic heterocycles. The van der Waals surface area contributed by atoms with E-state index in [0.717, 1.165) is 0 Å². The maximum absolute atomic E-state index is 10.0. The van der Waals surface area contributed by atoms with Crippen LogP contribution in [-0.4, -0.2) is 72.0 Å². The number of rotatable bonds is 5.